The highest BCUT2D eigenvalue weighted by atomic mass is 16.3. The van der Waals surface area contributed by atoms with E-state index in [4.69, 9.17) is 5.11 Å². The minimum atomic E-state index is 0.122. The molecule has 3 nitrogen and oxygen atoms in total. The lowest BCUT2D eigenvalue weighted by Gasteiger charge is -2.09. The van der Waals surface area contributed by atoms with Gasteiger partial charge in [0, 0.05) is 13.0 Å². The summed E-state index contributed by atoms with van der Waals surface area (Å²) in [6.45, 7) is 11.1. The summed E-state index contributed by atoms with van der Waals surface area (Å²) in [6, 6.07) is 4.28. The normalized spacial score (nSPS) is 11.1. The molecular weight excluding hydrogens is 224 g/mol. The van der Waals surface area contributed by atoms with E-state index in [0.29, 0.717) is 6.42 Å². The van der Waals surface area contributed by atoms with E-state index < -0.39 is 0 Å². The van der Waals surface area contributed by atoms with Gasteiger partial charge in [-0.25, -0.2) is 4.98 Å². The molecule has 0 saturated carbocycles. The third kappa shape index (κ3) is 2.31. The Kier molecular flexibility index (Phi) is 3.53. The molecule has 0 saturated heterocycles. The lowest BCUT2D eigenvalue weighted by atomic mass is 10.1. The van der Waals surface area contributed by atoms with Crippen LogP contribution in [0.15, 0.2) is 24.3 Å². The Morgan fingerprint density at radius 2 is 2.00 bits per heavy atom. The lowest BCUT2D eigenvalue weighted by molar-refractivity contribution is 0.295. The summed E-state index contributed by atoms with van der Waals surface area (Å²) in [6.07, 6.45) is 0.583. The van der Waals surface area contributed by atoms with E-state index in [0.717, 1.165) is 29.0 Å². The number of aliphatic hydroxyl groups excluding tert-OH is 1. The van der Waals surface area contributed by atoms with Crippen molar-refractivity contribution in [1.82, 2.24) is 9.55 Å². The van der Waals surface area contributed by atoms with Crippen molar-refractivity contribution in [3.63, 3.8) is 0 Å². The molecule has 0 bridgehead atoms. The monoisotopic (exact) mass is 244 g/mol. The molecule has 0 aliphatic heterocycles. The van der Waals surface area contributed by atoms with Crippen LogP contribution in [-0.2, 0) is 13.0 Å². The minimum Gasteiger partial charge on any atom is -0.396 e. The zero-order chi connectivity index (χ0) is 13.3. The van der Waals surface area contributed by atoms with Gasteiger partial charge in [0.15, 0.2) is 0 Å². The average molecular weight is 244 g/mol. The molecule has 1 aromatic carbocycles. The molecule has 2 rings (SSSR count). The second kappa shape index (κ2) is 4.94. The Labute approximate surface area is 108 Å². The number of fused-ring (bicyclic) bond motifs is 1. The van der Waals surface area contributed by atoms with Crippen molar-refractivity contribution in [1.29, 1.82) is 0 Å². The van der Waals surface area contributed by atoms with Gasteiger partial charge in [-0.3, -0.25) is 0 Å². The molecule has 3 heteroatoms. The van der Waals surface area contributed by atoms with Crippen molar-refractivity contribution < 1.29 is 5.11 Å². The van der Waals surface area contributed by atoms with Crippen LogP contribution in [-0.4, -0.2) is 21.3 Å². The lowest BCUT2D eigenvalue weighted by Crippen LogP contribution is -2.06. The fourth-order valence-electron chi connectivity index (χ4n) is 2.17. The topological polar surface area (TPSA) is 38.0 Å². The molecule has 1 heterocycles. The largest absolute Gasteiger partial charge is 0.396 e. The number of allylic oxidation sites excluding steroid dienone is 1. The zero-order valence-electron chi connectivity index (χ0n) is 11.3. The van der Waals surface area contributed by atoms with Gasteiger partial charge in [0.2, 0.25) is 0 Å². The molecular formula is C15H20N2O. The van der Waals surface area contributed by atoms with Crippen LogP contribution in [0.5, 0.6) is 0 Å². The molecule has 0 spiro atoms. The summed E-state index contributed by atoms with van der Waals surface area (Å²) in [4.78, 5) is 4.62. The quantitative estimate of drug-likeness (QED) is 0.840. The van der Waals surface area contributed by atoms with E-state index in [1.807, 2.05) is 6.92 Å². The maximum absolute atomic E-state index is 9.14. The number of aryl methyl sites for hydroxylation is 2. The van der Waals surface area contributed by atoms with E-state index in [1.165, 1.54) is 11.1 Å². The van der Waals surface area contributed by atoms with Gasteiger partial charge in [0.25, 0.3) is 0 Å². The molecule has 0 atom stereocenters. The second-order valence-electron chi connectivity index (χ2n) is 4.97. The minimum absolute atomic E-state index is 0.122. The number of hydrogen-bond acceptors (Lipinski definition) is 2. The Balaban J connectivity index is 2.64. The summed E-state index contributed by atoms with van der Waals surface area (Å²) >= 11 is 0. The SMILES string of the molecule is C=C(C)Cn1c(CCO)nc2cc(C)c(C)cc21. The number of imidazole rings is 1. The highest BCUT2D eigenvalue weighted by Gasteiger charge is 2.11. The van der Waals surface area contributed by atoms with Crippen LogP contribution in [0.2, 0.25) is 0 Å². The van der Waals surface area contributed by atoms with Crippen molar-refractivity contribution in [3.8, 4) is 0 Å². The second-order valence-corrected chi connectivity index (χ2v) is 4.97. The first-order valence-corrected chi connectivity index (χ1v) is 6.24. The maximum Gasteiger partial charge on any atom is 0.112 e. The molecule has 0 fully saturated rings. The van der Waals surface area contributed by atoms with Gasteiger partial charge in [0.1, 0.15) is 5.82 Å². The zero-order valence-corrected chi connectivity index (χ0v) is 11.3. The van der Waals surface area contributed by atoms with Gasteiger partial charge in [-0.15, -0.1) is 0 Å². The molecule has 0 aliphatic carbocycles. The fraction of sp³-hybridized carbons (Fsp3) is 0.400. The Hall–Kier alpha value is -1.61. The molecule has 2 aromatic rings. The molecule has 18 heavy (non-hydrogen) atoms. The van der Waals surface area contributed by atoms with Crippen molar-refractivity contribution >= 4 is 11.0 Å². The summed E-state index contributed by atoms with van der Waals surface area (Å²) in [5.41, 5.74) is 5.73. The highest BCUT2D eigenvalue weighted by molar-refractivity contribution is 5.78. The first-order valence-electron chi connectivity index (χ1n) is 6.24. The van der Waals surface area contributed by atoms with Crippen LogP contribution in [0.4, 0.5) is 0 Å². The number of rotatable bonds is 4. The van der Waals surface area contributed by atoms with Crippen LogP contribution in [0, 0.1) is 13.8 Å². The maximum atomic E-state index is 9.14. The number of hydrogen-bond donors (Lipinski definition) is 1. The molecule has 0 aliphatic rings. The van der Waals surface area contributed by atoms with Gasteiger partial charge in [-0.1, -0.05) is 12.2 Å². The van der Waals surface area contributed by atoms with E-state index in [9.17, 15) is 0 Å². The fourth-order valence-corrected chi connectivity index (χ4v) is 2.17. The van der Waals surface area contributed by atoms with Crippen LogP contribution >= 0.6 is 0 Å². The van der Waals surface area contributed by atoms with Crippen LogP contribution in [0.3, 0.4) is 0 Å². The predicted octanol–water partition coefficient (Wildman–Crippen LogP) is 2.76. The van der Waals surface area contributed by atoms with E-state index in [-0.39, 0.29) is 6.61 Å². The predicted molar refractivity (Wildman–Crippen MR) is 74.8 cm³/mol. The van der Waals surface area contributed by atoms with Gasteiger partial charge >= 0.3 is 0 Å². The molecule has 0 unspecified atom stereocenters. The summed E-state index contributed by atoms with van der Waals surface area (Å²) in [5, 5.41) is 9.14. The number of aromatic nitrogens is 2. The summed E-state index contributed by atoms with van der Waals surface area (Å²) in [5.74, 6) is 0.931. The summed E-state index contributed by atoms with van der Waals surface area (Å²) < 4.78 is 2.15. The highest BCUT2D eigenvalue weighted by Crippen LogP contribution is 2.22. The number of aliphatic hydroxyl groups is 1. The van der Waals surface area contributed by atoms with E-state index in [2.05, 4.69) is 42.1 Å². The molecule has 96 valence electrons. The van der Waals surface area contributed by atoms with Gasteiger partial charge in [-0.2, -0.15) is 0 Å². The van der Waals surface area contributed by atoms with E-state index in [1.54, 1.807) is 0 Å². The first-order chi connectivity index (χ1) is 8.52. The Morgan fingerprint density at radius 1 is 1.33 bits per heavy atom. The average Bonchev–Trinajstić information content (AvgIpc) is 2.58. The van der Waals surface area contributed by atoms with Gasteiger partial charge in [-0.05, 0) is 44.0 Å². The van der Waals surface area contributed by atoms with Crippen LogP contribution in [0.1, 0.15) is 23.9 Å². The van der Waals surface area contributed by atoms with Crippen LogP contribution in [0.25, 0.3) is 11.0 Å². The number of nitrogens with zero attached hydrogens (tertiary/aromatic N) is 2. The van der Waals surface area contributed by atoms with Crippen LogP contribution < -0.4 is 0 Å². The third-order valence-electron chi connectivity index (χ3n) is 3.21. The molecule has 1 aromatic heterocycles. The van der Waals surface area contributed by atoms with Gasteiger partial charge in [0.05, 0.1) is 17.6 Å². The Morgan fingerprint density at radius 3 is 2.61 bits per heavy atom. The van der Waals surface area contributed by atoms with E-state index >= 15 is 0 Å². The molecule has 0 amide bonds. The van der Waals surface area contributed by atoms with Gasteiger partial charge < -0.3 is 9.67 Å². The third-order valence-corrected chi connectivity index (χ3v) is 3.21. The number of benzene rings is 1. The first kappa shape index (κ1) is 12.8. The van der Waals surface area contributed by atoms with Crippen molar-refractivity contribution in [2.75, 3.05) is 6.61 Å². The standard InChI is InChI=1S/C15H20N2O/c1-10(2)9-17-14-8-12(4)11(3)7-13(14)16-15(17)5-6-18/h7-8,18H,1,5-6,9H2,2-4H3. The van der Waals surface area contributed by atoms with Crippen molar-refractivity contribution in [2.24, 2.45) is 0 Å². The summed E-state index contributed by atoms with van der Waals surface area (Å²) in [7, 11) is 0. The molecule has 0 radical (unpaired) electrons. The smallest absolute Gasteiger partial charge is 0.112 e. The van der Waals surface area contributed by atoms with Crippen molar-refractivity contribution in [2.45, 2.75) is 33.7 Å². The van der Waals surface area contributed by atoms with Crippen molar-refractivity contribution in [3.05, 3.63) is 41.2 Å². The Bertz CT molecular complexity index is 596. The molecule has 1 N–H and O–H groups in total.